The van der Waals surface area contributed by atoms with Crippen LogP contribution in [0.25, 0.3) is 0 Å². The van der Waals surface area contributed by atoms with Crippen LogP contribution in [-0.4, -0.2) is 26.3 Å². The first-order valence-electron chi connectivity index (χ1n) is 3.64. The summed E-state index contributed by atoms with van der Waals surface area (Å²) in [6, 6.07) is 0. The molecule has 66 valence electrons. The molecule has 0 unspecified atom stereocenters. The van der Waals surface area contributed by atoms with Gasteiger partial charge < -0.3 is 9.47 Å². The molecule has 0 radical (unpaired) electrons. The number of esters is 1. The molecule has 0 aliphatic heterocycles. The number of carbonyl (C=O) groups is 1. The monoisotopic (exact) mass is 160 g/mol. The Morgan fingerprint density at radius 1 is 1.27 bits per heavy atom. The molecule has 11 heavy (non-hydrogen) atoms. The van der Waals surface area contributed by atoms with Gasteiger partial charge >= 0.3 is 5.97 Å². The Morgan fingerprint density at radius 3 is 2.18 bits per heavy atom. The van der Waals surface area contributed by atoms with E-state index in [2.05, 4.69) is 0 Å². The van der Waals surface area contributed by atoms with Crippen molar-refractivity contribution in [3.8, 4) is 0 Å². The maximum absolute atomic E-state index is 11.1. The first-order valence-corrected chi connectivity index (χ1v) is 3.64. The number of rotatable bonds is 3. The van der Waals surface area contributed by atoms with Crippen LogP contribution in [0, 0.1) is 5.41 Å². The Kier molecular flexibility index (Phi) is 4.11. The summed E-state index contributed by atoms with van der Waals surface area (Å²) in [7, 11) is 1.57. The lowest BCUT2D eigenvalue weighted by Gasteiger charge is -2.15. The number of hydrogen-bond acceptors (Lipinski definition) is 3. The summed E-state index contributed by atoms with van der Waals surface area (Å²) in [5, 5.41) is 0. The van der Waals surface area contributed by atoms with Crippen molar-refractivity contribution in [1.82, 2.24) is 0 Å². The molecule has 0 rings (SSSR count). The molecule has 0 aliphatic rings. The van der Waals surface area contributed by atoms with Crippen LogP contribution >= 0.6 is 0 Å². The van der Waals surface area contributed by atoms with Crippen molar-refractivity contribution in [2.24, 2.45) is 5.41 Å². The summed E-state index contributed by atoms with van der Waals surface area (Å²) in [5.41, 5.74) is -0.409. The van der Waals surface area contributed by atoms with Gasteiger partial charge in [-0.25, -0.2) is 0 Å². The minimum atomic E-state index is -0.409. The van der Waals surface area contributed by atoms with E-state index < -0.39 is 5.41 Å². The van der Waals surface area contributed by atoms with Gasteiger partial charge in [-0.15, -0.1) is 0 Å². The Labute approximate surface area is 67.7 Å². The van der Waals surface area contributed by atoms with Gasteiger partial charge in [0, 0.05) is 7.11 Å². The lowest BCUT2D eigenvalue weighted by Crippen LogP contribution is -2.24. The van der Waals surface area contributed by atoms with E-state index in [1.807, 2.05) is 20.8 Å². The topological polar surface area (TPSA) is 35.5 Å². The van der Waals surface area contributed by atoms with Crippen LogP contribution in [0.15, 0.2) is 0 Å². The van der Waals surface area contributed by atoms with Crippen LogP contribution in [-0.2, 0) is 14.3 Å². The van der Waals surface area contributed by atoms with E-state index in [1.54, 1.807) is 7.11 Å². The highest BCUT2D eigenvalue weighted by Gasteiger charge is 2.22. The van der Waals surface area contributed by atoms with Gasteiger partial charge in [0.2, 0.25) is 0 Å². The summed E-state index contributed by atoms with van der Waals surface area (Å²) >= 11 is 0. The molecular formula is C8H16O3. The van der Waals surface area contributed by atoms with Gasteiger partial charge in [0.15, 0.2) is 0 Å². The average Bonchev–Trinajstić information content (AvgIpc) is 1.86. The summed E-state index contributed by atoms with van der Waals surface area (Å²) in [6.07, 6.45) is 0. The molecule has 0 aromatic heterocycles. The maximum atomic E-state index is 11.1. The zero-order valence-corrected chi connectivity index (χ0v) is 7.64. The summed E-state index contributed by atoms with van der Waals surface area (Å²) in [6.45, 7) is 6.26. The summed E-state index contributed by atoms with van der Waals surface area (Å²) in [4.78, 5) is 11.1. The smallest absolute Gasteiger partial charge is 0.311 e. The van der Waals surface area contributed by atoms with Crippen molar-refractivity contribution in [3.05, 3.63) is 0 Å². The van der Waals surface area contributed by atoms with Crippen molar-refractivity contribution in [2.45, 2.75) is 20.8 Å². The standard InChI is InChI=1S/C8H16O3/c1-8(2,3)7(9)11-6-5-10-4/h5-6H2,1-4H3. The SMILES string of the molecule is COCCOC(=O)C(C)(C)C. The largest absolute Gasteiger partial charge is 0.463 e. The highest BCUT2D eigenvalue weighted by Crippen LogP contribution is 2.14. The predicted octanol–water partition coefficient (Wildman–Crippen LogP) is 1.22. The lowest BCUT2D eigenvalue weighted by atomic mass is 9.97. The van der Waals surface area contributed by atoms with E-state index in [1.165, 1.54) is 0 Å². The lowest BCUT2D eigenvalue weighted by molar-refractivity contribution is -0.154. The van der Waals surface area contributed by atoms with Crippen LogP contribution in [0.1, 0.15) is 20.8 Å². The van der Waals surface area contributed by atoms with Gasteiger partial charge in [-0.3, -0.25) is 4.79 Å². The van der Waals surface area contributed by atoms with Crippen LogP contribution < -0.4 is 0 Å². The molecule has 0 saturated carbocycles. The third kappa shape index (κ3) is 4.79. The molecule has 0 amide bonds. The van der Waals surface area contributed by atoms with E-state index in [4.69, 9.17) is 9.47 Å². The van der Waals surface area contributed by atoms with Crippen molar-refractivity contribution < 1.29 is 14.3 Å². The van der Waals surface area contributed by atoms with Crippen LogP contribution in [0.4, 0.5) is 0 Å². The summed E-state index contributed by atoms with van der Waals surface area (Å²) in [5.74, 6) is -0.186. The Hall–Kier alpha value is -0.570. The normalized spacial score (nSPS) is 11.3. The minimum Gasteiger partial charge on any atom is -0.463 e. The van der Waals surface area contributed by atoms with Crippen LogP contribution in [0.3, 0.4) is 0 Å². The zero-order valence-electron chi connectivity index (χ0n) is 7.64. The second-order valence-corrected chi connectivity index (χ2v) is 3.38. The molecule has 3 heteroatoms. The van der Waals surface area contributed by atoms with Gasteiger partial charge in [-0.2, -0.15) is 0 Å². The molecule has 0 bridgehead atoms. The van der Waals surface area contributed by atoms with Crippen molar-refractivity contribution >= 4 is 5.97 Å². The van der Waals surface area contributed by atoms with Gasteiger partial charge in [0.05, 0.1) is 12.0 Å². The Bertz CT molecular complexity index is 124. The maximum Gasteiger partial charge on any atom is 0.311 e. The molecule has 0 N–H and O–H groups in total. The third-order valence-corrected chi connectivity index (χ3v) is 1.13. The number of hydrogen-bond donors (Lipinski definition) is 0. The second-order valence-electron chi connectivity index (χ2n) is 3.38. The van der Waals surface area contributed by atoms with Crippen LogP contribution in [0.5, 0.6) is 0 Å². The second kappa shape index (κ2) is 4.34. The Balaban J connectivity index is 3.54. The van der Waals surface area contributed by atoms with E-state index in [0.29, 0.717) is 13.2 Å². The third-order valence-electron chi connectivity index (χ3n) is 1.13. The fourth-order valence-corrected chi connectivity index (χ4v) is 0.434. The highest BCUT2D eigenvalue weighted by atomic mass is 16.6. The van der Waals surface area contributed by atoms with Crippen LogP contribution in [0.2, 0.25) is 0 Å². The zero-order chi connectivity index (χ0) is 8.91. The molecule has 0 fully saturated rings. The average molecular weight is 160 g/mol. The molecule has 0 aromatic carbocycles. The number of carbonyl (C=O) groups excluding carboxylic acids is 1. The van der Waals surface area contributed by atoms with Gasteiger partial charge in [0.25, 0.3) is 0 Å². The van der Waals surface area contributed by atoms with E-state index in [-0.39, 0.29) is 5.97 Å². The number of ether oxygens (including phenoxy) is 2. The molecule has 0 aliphatic carbocycles. The van der Waals surface area contributed by atoms with E-state index in [9.17, 15) is 4.79 Å². The highest BCUT2D eigenvalue weighted by molar-refractivity contribution is 5.75. The fraction of sp³-hybridized carbons (Fsp3) is 0.875. The first-order chi connectivity index (χ1) is 4.98. The molecule has 3 nitrogen and oxygen atoms in total. The van der Waals surface area contributed by atoms with Gasteiger partial charge in [-0.05, 0) is 20.8 Å². The molecule has 0 atom stereocenters. The molecule has 0 heterocycles. The Morgan fingerprint density at radius 2 is 1.82 bits per heavy atom. The van der Waals surface area contributed by atoms with Crippen molar-refractivity contribution in [3.63, 3.8) is 0 Å². The molecule has 0 saturated heterocycles. The number of methoxy groups -OCH3 is 1. The minimum absolute atomic E-state index is 0.186. The molecular weight excluding hydrogens is 144 g/mol. The quantitative estimate of drug-likeness (QED) is 0.460. The van der Waals surface area contributed by atoms with Gasteiger partial charge in [0.1, 0.15) is 6.61 Å². The van der Waals surface area contributed by atoms with Crippen molar-refractivity contribution in [2.75, 3.05) is 20.3 Å². The van der Waals surface area contributed by atoms with E-state index >= 15 is 0 Å². The van der Waals surface area contributed by atoms with Gasteiger partial charge in [-0.1, -0.05) is 0 Å². The molecule has 0 spiro atoms. The fourth-order valence-electron chi connectivity index (χ4n) is 0.434. The first kappa shape index (κ1) is 10.4. The summed E-state index contributed by atoms with van der Waals surface area (Å²) < 4.78 is 9.61. The molecule has 0 aromatic rings. The van der Waals surface area contributed by atoms with Crippen molar-refractivity contribution in [1.29, 1.82) is 0 Å². The predicted molar refractivity (Wildman–Crippen MR) is 42.3 cm³/mol. The van der Waals surface area contributed by atoms with E-state index in [0.717, 1.165) is 0 Å².